The third-order valence-electron chi connectivity index (χ3n) is 5.91. The minimum absolute atomic E-state index is 0.00159. The first kappa shape index (κ1) is 24.8. The van der Waals surface area contributed by atoms with Crippen molar-refractivity contribution in [3.05, 3.63) is 59.8 Å². The molecule has 0 spiro atoms. The molecule has 35 heavy (non-hydrogen) atoms. The molecular weight excluding hydrogens is 442 g/mol. The van der Waals surface area contributed by atoms with Gasteiger partial charge >= 0.3 is 0 Å². The molecule has 3 aromatic rings. The van der Waals surface area contributed by atoms with Crippen LogP contribution in [0.2, 0.25) is 0 Å². The van der Waals surface area contributed by atoms with Gasteiger partial charge in [0.1, 0.15) is 11.6 Å². The van der Waals surface area contributed by atoms with Crippen molar-refractivity contribution in [3.8, 4) is 5.75 Å². The Bertz CT molecular complexity index is 1130. The normalized spacial score (nSPS) is 13.7. The molecule has 0 saturated carbocycles. The van der Waals surface area contributed by atoms with E-state index in [2.05, 4.69) is 41.2 Å². The minimum Gasteiger partial charge on any atom is -0.493 e. The highest BCUT2D eigenvalue weighted by atomic mass is 16.5. The van der Waals surface area contributed by atoms with Gasteiger partial charge in [0.15, 0.2) is 0 Å². The van der Waals surface area contributed by atoms with E-state index in [9.17, 15) is 5.11 Å². The summed E-state index contributed by atoms with van der Waals surface area (Å²) >= 11 is 0. The molecule has 0 bridgehead atoms. The van der Waals surface area contributed by atoms with Crippen LogP contribution in [0.25, 0.3) is 0 Å². The molecule has 0 radical (unpaired) electrons. The minimum atomic E-state index is -0.00159. The van der Waals surface area contributed by atoms with E-state index in [1.807, 2.05) is 49.2 Å². The average Bonchev–Trinajstić information content (AvgIpc) is 2.88. The van der Waals surface area contributed by atoms with Gasteiger partial charge in [-0.3, -0.25) is 0 Å². The molecule has 0 amide bonds. The number of nitrogens with zero attached hydrogens (tertiary/aromatic N) is 4. The van der Waals surface area contributed by atoms with E-state index in [1.54, 1.807) is 6.20 Å². The number of aliphatic hydroxyl groups is 1. The molecule has 2 N–H and O–H groups in total. The first-order valence-corrected chi connectivity index (χ1v) is 12.1. The highest BCUT2D eigenvalue weighted by Crippen LogP contribution is 2.31. The number of hydrogen-bond acceptors (Lipinski definition) is 8. The third kappa shape index (κ3) is 6.41. The molecule has 8 heteroatoms. The second kappa shape index (κ2) is 11.4. The van der Waals surface area contributed by atoms with Crippen LogP contribution >= 0.6 is 0 Å². The molecule has 186 valence electrons. The Morgan fingerprint density at radius 2 is 1.94 bits per heavy atom. The summed E-state index contributed by atoms with van der Waals surface area (Å²) in [7, 11) is 1.96. The number of aromatic nitrogens is 2. The predicted molar refractivity (Wildman–Crippen MR) is 140 cm³/mol. The first-order chi connectivity index (χ1) is 16.9. The largest absolute Gasteiger partial charge is 0.493 e. The monoisotopic (exact) mass is 477 g/mol. The molecule has 1 aromatic heterocycles. The van der Waals surface area contributed by atoms with Gasteiger partial charge in [0.25, 0.3) is 0 Å². The first-order valence-electron chi connectivity index (χ1n) is 12.1. The van der Waals surface area contributed by atoms with E-state index in [0.29, 0.717) is 31.7 Å². The number of ether oxygens (including phenoxy) is 2. The van der Waals surface area contributed by atoms with Crippen LogP contribution in [0.5, 0.6) is 5.75 Å². The molecule has 1 aliphatic rings. The molecule has 1 fully saturated rings. The standard InChI is InChI=1S/C27H35N5O3/c1-19(2)18-35-24-15-22(14-23(16-24)32-9-11-34-12-10-32)29-27-28-8-7-26(30-27)31(4)25-13-21(17-33)6-5-20(25)3/h5-8,13-16,19,33H,9-12,17-18H2,1-4H3,(H,28,29,30). The van der Waals surface area contributed by atoms with E-state index < -0.39 is 0 Å². The maximum absolute atomic E-state index is 9.55. The summed E-state index contributed by atoms with van der Waals surface area (Å²) in [5.74, 6) is 2.50. The van der Waals surface area contributed by atoms with Gasteiger partial charge in [-0.1, -0.05) is 26.0 Å². The van der Waals surface area contributed by atoms with Gasteiger partial charge in [-0.25, -0.2) is 4.98 Å². The van der Waals surface area contributed by atoms with Crippen molar-refractivity contribution < 1.29 is 14.6 Å². The fraction of sp³-hybridized carbons (Fsp3) is 0.407. The van der Waals surface area contributed by atoms with Crippen LogP contribution in [0.1, 0.15) is 25.0 Å². The number of morpholine rings is 1. The zero-order valence-electron chi connectivity index (χ0n) is 21.0. The molecule has 4 rings (SSSR count). The maximum atomic E-state index is 9.55. The number of hydrogen-bond donors (Lipinski definition) is 2. The molecular formula is C27H35N5O3. The quantitative estimate of drug-likeness (QED) is 0.460. The molecule has 2 heterocycles. The smallest absolute Gasteiger partial charge is 0.229 e. The fourth-order valence-electron chi connectivity index (χ4n) is 3.97. The van der Waals surface area contributed by atoms with Crippen molar-refractivity contribution in [2.45, 2.75) is 27.4 Å². The van der Waals surface area contributed by atoms with Crippen LogP contribution < -0.4 is 19.9 Å². The molecule has 8 nitrogen and oxygen atoms in total. The number of aliphatic hydroxyl groups excluding tert-OH is 1. The number of benzene rings is 2. The van der Waals surface area contributed by atoms with Crippen molar-refractivity contribution >= 4 is 28.8 Å². The van der Waals surface area contributed by atoms with Gasteiger partial charge in [-0.05, 0) is 42.2 Å². The number of rotatable bonds is 9. The lowest BCUT2D eigenvalue weighted by atomic mass is 10.1. The Balaban J connectivity index is 1.59. The Morgan fingerprint density at radius 1 is 1.14 bits per heavy atom. The van der Waals surface area contributed by atoms with Crippen molar-refractivity contribution in [1.82, 2.24) is 9.97 Å². The lowest BCUT2D eigenvalue weighted by Crippen LogP contribution is -2.36. The van der Waals surface area contributed by atoms with E-state index in [1.165, 1.54) is 0 Å². The summed E-state index contributed by atoms with van der Waals surface area (Å²) in [6, 6.07) is 14.0. The SMILES string of the molecule is Cc1ccc(CO)cc1N(C)c1ccnc(Nc2cc(OCC(C)C)cc(N3CCOCC3)c2)n1. The van der Waals surface area contributed by atoms with Gasteiger partial charge in [-0.2, -0.15) is 4.98 Å². The molecule has 2 aromatic carbocycles. The van der Waals surface area contributed by atoms with Crippen LogP contribution in [0.4, 0.5) is 28.8 Å². The lowest BCUT2D eigenvalue weighted by molar-refractivity contribution is 0.122. The number of nitrogens with one attached hydrogen (secondary N) is 1. The summed E-state index contributed by atoms with van der Waals surface area (Å²) in [6.07, 6.45) is 1.74. The number of aryl methyl sites for hydroxylation is 1. The van der Waals surface area contributed by atoms with E-state index >= 15 is 0 Å². The second-order valence-corrected chi connectivity index (χ2v) is 9.22. The Kier molecular flexibility index (Phi) is 8.05. The highest BCUT2D eigenvalue weighted by Gasteiger charge is 2.15. The zero-order chi connectivity index (χ0) is 24.8. The van der Waals surface area contributed by atoms with Crippen LogP contribution in [-0.2, 0) is 11.3 Å². The van der Waals surface area contributed by atoms with E-state index in [0.717, 1.165) is 52.8 Å². The molecule has 0 aliphatic carbocycles. The van der Waals surface area contributed by atoms with Crippen molar-refractivity contribution in [1.29, 1.82) is 0 Å². The van der Waals surface area contributed by atoms with E-state index in [4.69, 9.17) is 14.5 Å². The molecule has 1 saturated heterocycles. The van der Waals surface area contributed by atoms with Crippen LogP contribution in [0.15, 0.2) is 48.7 Å². The lowest BCUT2D eigenvalue weighted by Gasteiger charge is -2.29. The Morgan fingerprint density at radius 3 is 2.69 bits per heavy atom. The van der Waals surface area contributed by atoms with Crippen molar-refractivity contribution in [2.75, 3.05) is 55.1 Å². The summed E-state index contributed by atoms with van der Waals surface area (Å²) in [5.41, 5.74) is 4.90. The van der Waals surface area contributed by atoms with E-state index in [-0.39, 0.29) is 6.61 Å². The second-order valence-electron chi connectivity index (χ2n) is 9.22. The maximum Gasteiger partial charge on any atom is 0.229 e. The fourth-order valence-corrected chi connectivity index (χ4v) is 3.97. The van der Waals surface area contributed by atoms with Gasteiger partial charge in [-0.15, -0.1) is 0 Å². The van der Waals surface area contributed by atoms with Crippen LogP contribution in [0.3, 0.4) is 0 Å². The molecule has 1 aliphatic heterocycles. The van der Waals surface area contributed by atoms with Gasteiger partial charge in [0.05, 0.1) is 26.4 Å². The summed E-state index contributed by atoms with van der Waals surface area (Å²) in [6.45, 7) is 10.1. The van der Waals surface area contributed by atoms with Gasteiger partial charge in [0, 0.05) is 55.5 Å². The highest BCUT2D eigenvalue weighted by molar-refractivity contribution is 5.68. The Hall–Kier alpha value is -3.36. The zero-order valence-corrected chi connectivity index (χ0v) is 21.0. The summed E-state index contributed by atoms with van der Waals surface area (Å²) in [5, 5.41) is 12.9. The predicted octanol–water partition coefficient (Wildman–Crippen LogP) is 4.66. The third-order valence-corrected chi connectivity index (χ3v) is 5.91. The molecule has 0 unspecified atom stereocenters. The number of anilines is 5. The van der Waals surface area contributed by atoms with Crippen molar-refractivity contribution in [3.63, 3.8) is 0 Å². The Labute approximate surface area is 207 Å². The molecule has 0 atom stereocenters. The van der Waals surface area contributed by atoms with Crippen LogP contribution in [-0.4, -0.2) is 55.0 Å². The van der Waals surface area contributed by atoms with Gasteiger partial charge < -0.3 is 29.7 Å². The van der Waals surface area contributed by atoms with Crippen LogP contribution in [0, 0.1) is 12.8 Å². The summed E-state index contributed by atoms with van der Waals surface area (Å²) < 4.78 is 11.6. The van der Waals surface area contributed by atoms with Gasteiger partial charge in [0.2, 0.25) is 5.95 Å². The van der Waals surface area contributed by atoms with Crippen molar-refractivity contribution in [2.24, 2.45) is 5.92 Å². The topological polar surface area (TPSA) is 83.0 Å². The summed E-state index contributed by atoms with van der Waals surface area (Å²) in [4.78, 5) is 13.5. The average molecular weight is 478 g/mol.